The third-order valence-corrected chi connectivity index (χ3v) is 7.53. The van der Waals surface area contributed by atoms with Crippen molar-refractivity contribution in [2.45, 2.75) is 41.4 Å². The van der Waals surface area contributed by atoms with Crippen LogP contribution < -0.4 is 10.6 Å². The fraction of sp³-hybridized carbons (Fsp3) is 0.350. The number of carbonyl (C=O) groups excluding carboxylic acids is 2. The molecular weight excluding hydrogens is 424 g/mol. The maximum Gasteiger partial charge on any atom is 0.325 e. The van der Waals surface area contributed by atoms with Gasteiger partial charge in [0, 0.05) is 25.0 Å². The molecule has 10 heteroatoms. The molecule has 1 fully saturated rings. The van der Waals surface area contributed by atoms with Crippen LogP contribution in [-0.4, -0.2) is 48.0 Å². The van der Waals surface area contributed by atoms with Gasteiger partial charge in [-0.15, -0.1) is 0 Å². The maximum absolute atomic E-state index is 12.7. The normalized spacial score (nSPS) is 15.9. The number of pyridine rings is 1. The molecule has 1 saturated heterocycles. The number of anilines is 1. The van der Waals surface area contributed by atoms with Gasteiger partial charge in [-0.25, -0.2) is 18.2 Å². The standard InChI is InChI=1S/C20H24N4O4S2/c1-15(19(25)23-20(26)22-16-8-4-2-5-9-16)29-18-11-10-17(14-21-18)30(27,28)24-12-6-3-7-13-24/h2,4-5,8-11,14-15H,3,6-7,12-13H2,1H3,(H2,22,23,25,26). The Morgan fingerprint density at radius 1 is 1.07 bits per heavy atom. The van der Waals surface area contributed by atoms with E-state index >= 15 is 0 Å². The summed E-state index contributed by atoms with van der Waals surface area (Å²) in [6.45, 7) is 2.71. The molecule has 8 nitrogen and oxygen atoms in total. The molecule has 2 heterocycles. The number of para-hydroxylation sites is 1. The highest BCUT2D eigenvalue weighted by molar-refractivity contribution is 8.00. The van der Waals surface area contributed by atoms with Crippen LogP contribution >= 0.6 is 11.8 Å². The minimum Gasteiger partial charge on any atom is -0.308 e. The third kappa shape index (κ3) is 5.80. The molecule has 30 heavy (non-hydrogen) atoms. The highest BCUT2D eigenvalue weighted by Gasteiger charge is 2.26. The number of nitrogens with zero attached hydrogens (tertiary/aromatic N) is 2. The van der Waals surface area contributed by atoms with Gasteiger partial charge in [0.05, 0.1) is 10.3 Å². The number of nitrogens with one attached hydrogen (secondary N) is 2. The van der Waals surface area contributed by atoms with Crippen LogP contribution in [0.4, 0.5) is 10.5 Å². The smallest absolute Gasteiger partial charge is 0.308 e. The number of hydrogen-bond donors (Lipinski definition) is 2. The van der Waals surface area contributed by atoms with E-state index in [-0.39, 0.29) is 4.90 Å². The lowest BCUT2D eigenvalue weighted by atomic mass is 10.2. The van der Waals surface area contributed by atoms with Crippen LogP contribution in [-0.2, 0) is 14.8 Å². The number of amides is 3. The van der Waals surface area contributed by atoms with Crippen LogP contribution in [0.25, 0.3) is 0 Å². The van der Waals surface area contributed by atoms with Gasteiger partial charge in [0.15, 0.2) is 0 Å². The van der Waals surface area contributed by atoms with E-state index in [9.17, 15) is 18.0 Å². The van der Waals surface area contributed by atoms with Crippen molar-refractivity contribution in [1.82, 2.24) is 14.6 Å². The first-order valence-electron chi connectivity index (χ1n) is 9.66. The largest absolute Gasteiger partial charge is 0.325 e. The Kier molecular flexibility index (Phi) is 7.46. The van der Waals surface area contributed by atoms with E-state index in [0.717, 1.165) is 31.0 Å². The Labute approximate surface area is 180 Å². The number of hydrogen-bond acceptors (Lipinski definition) is 6. The number of aromatic nitrogens is 1. The van der Waals surface area contributed by atoms with Gasteiger partial charge in [0.25, 0.3) is 0 Å². The van der Waals surface area contributed by atoms with E-state index in [0.29, 0.717) is 23.8 Å². The molecule has 1 aliphatic rings. The summed E-state index contributed by atoms with van der Waals surface area (Å²) in [7, 11) is -3.54. The van der Waals surface area contributed by atoms with Gasteiger partial charge in [-0.2, -0.15) is 4.31 Å². The lowest BCUT2D eigenvalue weighted by Gasteiger charge is -2.25. The summed E-state index contributed by atoms with van der Waals surface area (Å²) < 4.78 is 26.8. The molecule has 1 aromatic heterocycles. The summed E-state index contributed by atoms with van der Waals surface area (Å²) in [6, 6.07) is 11.3. The van der Waals surface area contributed by atoms with Crippen molar-refractivity contribution in [3.05, 3.63) is 48.7 Å². The van der Waals surface area contributed by atoms with Crippen molar-refractivity contribution in [3.8, 4) is 0 Å². The molecule has 3 rings (SSSR count). The lowest BCUT2D eigenvalue weighted by Crippen LogP contribution is -2.38. The molecule has 1 aliphatic heterocycles. The highest BCUT2D eigenvalue weighted by Crippen LogP contribution is 2.24. The first-order valence-corrected chi connectivity index (χ1v) is 12.0. The summed E-state index contributed by atoms with van der Waals surface area (Å²) >= 11 is 1.14. The van der Waals surface area contributed by atoms with Crippen molar-refractivity contribution < 1.29 is 18.0 Å². The quantitative estimate of drug-likeness (QED) is 0.658. The Hall–Kier alpha value is -2.43. The van der Waals surface area contributed by atoms with Crippen LogP contribution in [0.1, 0.15) is 26.2 Å². The molecule has 2 aromatic rings. The summed E-state index contributed by atoms with van der Waals surface area (Å²) in [4.78, 5) is 28.5. The first-order chi connectivity index (χ1) is 14.4. The van der Waals surface area contributed by atoms with Crippen LogP contribution in [0, 0.1) is 0 Å². The second kappa shape index (κ2) is 10.1. The van der Waals surface area contributed by atoms with E-state index in [2.05, 4.69) is 15.6 Å². The van der Waals surface area contributed by atoms with E-state index < -0.39 is 27.2 Å². The molecule has 160 valence electrons. The van der Waals surface area contributed by atoms with Crippen molar-refractivity contribution in [3.63, 3.8) is 0 Å². The number of rotatable bonds is 6. The molecule has 2 N–H and O–H groups in total. The zero-order valence-corrected chi connectivity index (χ0v) is 18.2. The van der Waals surface area contributed by atoms with Gasteiger partial charge in [-0.05, 0) is 44.0 Å². The van der Waals surface area contributed by atoms with Crippen molar-refractivity contribution in [1.29, 1.82) is 0 Å². The van der Waals surface area contributed by atoms with Crippen LogP contribution in [0.2, 0.25) is 0 Å². The van der Waals surface area contributed by atoms with E-state index in [1.54, 1.807) is 37.3 Å². The maximum atomic E-state index is 12.7. The monoisotopic (exact) mass is 448 g/mol. The zero-order chi connectivity index (χ0) is 21.6. The fourth-order valence-electron chi connectivity index (χ4n) is 2.98. The number of imide groups is 1. The number of sulfonamides is 1. The minimum atomic E-state index is -3.54. The first kappa shape index (κ1) is 22.3. The third-order valence-electron chi connectivity index (χ3n) is 4.60. The van der Waals surface area contributed by atoms with E-state index in [4.69, 9.17) is 0 Å². The van der Waals surface area contributed by atoms with Gasteiger partial charge >= 0.3 is 6.03 Å². The molecular formula is C20H24N4O4S2. The second-order valence-corrected chi connectivity index (χ2v) is 10.2. The fourth-order valence-corrected chi connectivity index (χ4v) is 5.23. The zero-order valence-electron chi connectivity index (χ0n) is 16.6. The summed E-state index contributed by atoms with van der Waals surface area (Å²) in [6.07, 6.45) is 4.10. The minimum absolute atomic E-state index is 0.146. The van der Waals surface area contributed by atoms with Crippen molar-refractivity contribution >= 4 is 39.4 Å². The van der Waals surface area contributed by atoms with Gasteiger partial charge in [0.2, 0.25) is 15.9 Å². The number of benzene rings is 1. The lowest BCUT2D eigenvalue weighted by molar-refractivity contribution is -0.119. The van der Waals surface area contributed by atoms with Crippen LogP contribution in [0.5, 0.6) is 0 Å². The summed E-state index contributed by atoms with van der Waals surface area (Å²) in [5.74, 6) is -0.472. The summed E-state index contributed by atoms with van der Waals surface area (Å²) in [5.41, 5.74) is 0.579. The van der Waals surface area contributed by atoms with Crippen LogP contribution in [0.3, 0.4) is 0 Å². The number of thioether (sulfide) groups is 1. The number of urea groups is 1. The predicted octanol–water partition coefficient (Wildman–Crippen LogP) is 3.09. The average molecular weight is 449 g/mol. The molecule has 0 radical (unpaired) electrons. The van der Waals surface area contributed by atoms with Gasteiger partial charge in [-0.3, -0.25) is 10.1 Å². The topological polar surface area (TPSA) is 108 Å². The molecule has 1 atom stereocenters. The average Bonchev–Trinajstić information content (AvgIpc) is 2.75. The molecule has 0 bridgehead atoms. The van der Waals surface area contributed by atoms with Crippen molar-refractivity contribution in [2.75, 3.05) is 18.4 Å². The number of piperidine rings is 1. The molecule has 1 aromatic carbocycles. The van der Waals surface area contributed by atoms with Gasteiger partial charge in [0.1, 0.15) is 4.90 Å². The van der Waals surface area contributed by atoms with E-state index in [1.165, 1.54) is 16.6 Å². The Balaban J connectivity index is 1.55. The van der Waals surface area contributed by atoms with Gasteiger partial charge < -0.3 is 5.32 Å². The van der Waals surface area contributed by atoms with Crippen LogP contribution in [0.15, 0.2) is 58.6 Å². The molecule has 1 unspecified atom stereocenters. The number of carbonyl (C=O) groups is 2. The van der Waals surface area contributed by atoms with E-state index in [1.807, 2.05) is 6.07 Å². The van der Waals surface area contributed by atoms with Gasteiger partial charge in [-0.1, -0.05) is 36.4 Å². The van der Waals surface area contributed by atoms with Crippen molar-refractivity contribution in [2.24, 2.45) is 0 Å². The SMILES string of the molecule is CC(Sc1ccc(S(=O)(=O)N2CCCCC2)cn1)C(=O)NC(=O)Nc1ccccc1. The Morgan fingerprint density at radius 2 is 1.77 bits per heavy atom. The second-order valence-electron chi connectivity index (χ2n) is 6.87. The summed E-state index contributed by atoms with van der Waals surface area (Å²) in [5, 5.41) is 4.77. The molecule has 3 amide bonds. The molecule has 0 spiro atoms. The predicted molar refractivity (Wildman–Crippen MR) is 116 cm³/mol. The molecule has 0 aliphatic carbocycles. The Bertz CT molecular complexity index is 976. The Morgan fingerprint density at radius 3 is 2.40 bits per heavy atom. The molecule has 0 saturated carbocycles. The highest BCUT2D eigenvalue weighted by atomic mass is 32.2.